The van der Waals surface area contributed by atoms with E-state index >= 15 is 0 Å². The monoisotopic (exact) mass is 760 g/mol. The highest BCUT2D eigenvalue weighted by molar-refractivity contribution is 5.76. The second-order valence-electron chi connectivity index (χ2n) is 16.0. The second kappa shape index (κ2) is 34.4. The van der Waals surface area contributed by atoms with E-state index in [-0.39, 0.29) is 18.9 Å². The number of amides is 1. The topological polar surface area (TPSA) is 169 Å². The van der Waals surface area contributed by atoms with Gasteiger partial charge in [0.25, 0.3) is 0 Å². The van der Waals surface area contributed by atoms with Gasteiger partial charge >= 0.3 is 0 Å². The van der Waals surface area contributed by atoms with Crippen LogP contribution in [0.5, 0.6) is 0 Å². The first-order valence-corrected chi connectivity index (χ1v) is 22.3. The molecule has 1 heterocycles. The maximum Gasteiger partial charge on any atom is 0.220 e. The Bertz CT molecular complexity index is 819. The number of aliphatic hydroxyl groups is 6. The van der Waals surface area contributed by atoms with Crippen molar-refractivity contribution in [3.8, 4) is 0 Å². The number of unbranched alkanes of at least 4 members (excludes halogenated alkanes) is 26. The predicted octanol–water partition coefficient (Wildman–Crippen LogP) is 7.75. The van der Waals surface area contributed by atoms with Gasteiger partial charge in [-0.15, -0.1) is 0 Å². The molecule has 316 valence electrons. The average molecular weight is 760 g/mol. The highest BCUT2D eigenvalue weighted by Crippen LogP contribution is 2.23. The maximum atomic E-state index is 13.0. The number of ether oxygens (including phenoxy) is 2. The van der Waals surface area contributed by atoms with Gasteiger partial charge in [0.1, 0.15) is 30.5 Å². The summed E-state index contributed by atoms with van der Waals surface area (Å²) in [6, 6.07) is -0.983. The van der Waals surface area contributed by atoms with E-state index in [0.29, 0.717) is 6.42 Å². The van der Waals surface area contributed by atoms with E-state index in [1.165, 1.54) is 135 Å². The zero-order valence-electron chi connectivity index (χ0n) is 34.2. The number of hydrogen-bond donors (Lipinski definition) is 7. The Morgan fingerprint density at radius 1 is 0.585 bits per heavy atom. The van der Waals surface area contributed by atoms with E-state index in [0.717, 1.165) is 44.9 Å². The van der Waals surface area contributed by atoms with Crippen LogP contribution in [-0.4, -0.2) is 98.7 Å². The first-order valence-electron chi connectivity index (χ1n) is 22.3. The number of carbonyl (C=O) groups excluding carboxylic acids is 1. The van der Waals surface area contributed by atoms with Gasteiger partial charge in [0, 0.05) is 6.42 Å². The zero-order valence-corrected chi connectivity index (χ0v) is 34.2. The normalized spacial score (nSPS) is 22.2. The Hall–Kier alpha value is -0.850. The molecule has 0 radical (unpaired) electrons. The molecule has 0 aromatic carbocycles. The summed E-state index contributed by atoms with van der Waals surface area (Å²) in [6.07, 6.45) is 25.4. The lowest BCUT2D eigenvalue weighted by Gasteiger charge is -2.40. The van der Waals surface area contributed by atoms with E-state index < -0.39 is 55.6 Å². The van der Waals surface area contributed by atoms with Crippen LogP contribution < -0.4 is 5.32 Å². The smallest absolute Gasteiger partial charge is 0.220 e. The molecule has 10 heteroatoms. The molecular formula is C43H85NO9. The lowest BCUT2D eigenvalue weighted by Crippen LogP contribution is -2.60. The fraction of sp³-hybridized carbons (Fsp3) is 0.977. The van der Waals surface area contributed by atoms with Crippen molar-refractivity contribution in [3.63, 3.8) is 0 Å². The Labute approximate surface area is 324 Å². The van der Waals surface area contributed by atoms with Gasteiger partial charge in [0.2, 0.25) is 5.91 Å². The molecule has 0 aromatic heterocycles. The third-order valence-electron chi connectivity index (χ3n) is 11.1. The standard InChI is InChI=1S/C43H85NO9/c1-3-5-7-9-11-13-15-16-17-18-19-20-22-24-26-28-30-32-38(47)44-35(34-52-43-42(51)41(50)40(49)37(33-45)53-43)39(48)36(46)31-29-27-25-23-21-14-12-10-8-6-4-2/h35-37,39-43,45-46,48-51H,3-34H2,1-2H3,(H,44,47)/t35-,36+,37+,39-,40+,41?,42?,43+/m0/s1. The van der Waals surface area contributed by atoms with Crippen molar-refractivity contribution in [1.82, 2.24) is 5.32 Å². The molecule has 0 aliphatic carbocycles. The molecule has 1 fully saturated rings. The molecule has 53 heavy (non-hydrogen) atoms. The van der Waals surface area contributed by atoms with Gasteiger partial charge in [-0.2, -0.15) is 0 Å². The zero-order chi connectivity index (χ0) is 38.9. The summed E-state index contributed by atoms with van der Waals surface area (Å²) in [5.41, 5.74) is 0. The highest BCUT2D eigenvalue weighted by atomic mass is 16.7. The Balaban J connectivity index is 2.39. The number of nitrogens with one attached hydrogen (secondary N) is 1. The van der Waals surface area contributed by atoms with Crippen LogP contribution in [0.25, 0.3) is 0 Å². The maximum absolute atomic E-state index is 13.0. The van der Waals surface area contributed by atoms with Crippen molar-refractivity contribution in [1.29, 1.82) is 0 Å². The van der Waals surface area contributed by atoms with Gasteiger partial charge in [-0.1, -0.05) is 187 Å². The lowest BCUT2D eigenvalue weighted by atomic mass is 9.98. The minimum absolute atomic E-state index is 0.255. The summed E-state index contributed by atoms with van der Waals surface area (Å²) in [6.45, 7) is 3.60. The number of hydrogen-bond acceptors (Lipinski definition) is 9. The quantitative estimate of drug-likeness (QED) is 0.0313. The minimum Gasteiger partial charge on any atom is -0.394 e. The fourth-order valence-corrected chi connectivity index (χ4v) is 7.38. The van der Waals surface area contributed by atoms with Crippen molar-refractivity contribution >= 4 is 5.91 Å². The van der Waals surface area contributed by atoms with Crippen molar-refractivity contribution in [2.24, 2.45) is 0 Å². The molecule has 0 spiro atoms. The summed E-state index contributed by atoms with van der Waals surface area (Å²) in [5.74, 6) is -0.255. The first-order chi connectivity index (χ1) is 25.8. The third kappa shape index (κ3) is 25.1. The largest absolute Gasteiger partial charge is 0.394 e. The van der Waals surface area contributed by atoms with Crippen LogP contribution >= 0.6 is 0 Å². The van der Waals surface area contributed by atoms with Gasteiger partial charge in [0.05, 0.1) is 25.4 Å². The molecule has 1 amide bonds. The van der Waals surface area contributed by atoms with Crippen molar-refractivity contribution < 1.29 is 44.9 Å². The molecular weight excluding hydrogens is 674 g/mol. The van der Waals surface area contributed by atoms with Gasteiger partial charge in [-0.05, 0) is 12.8 Å². The molecule has 7 N–H and O–H groups in total. The second-order valence-corrected chi connectivity index (χ2v) is 16.0. The van der Waals surface area contributed by atoms with Crippen molar-refractivity contribution in [2.45, 2.75) is 255 Å². The minimum atomic E-state index is -1.60. The van der Waals surface area contributed by atoms with Crippen molar-refractivity contribution in [2.75, 3.05) is 13.2 Å². The highest BCUT2D eigenvalue weighted by Gasteiger charge is 2.44. The molecule has 1 saturated heterocycles. The number of rotatable bonds is 37. The van der Waals surface area contributed by atoms with E-state index in [1.807, 2.05) is 0 Å². The average Bonchev–Trinajstić information content (AvgIpc) is 3.16. The molecule has 0 aromatic rings. The molecule has 1 rings (SSSR count). The van der Waals surface area contributed by atoms with Gasteiger partial charge < -0.3 is 45.4 Å². The number of aliphatic hydroxyl groups excluding tert-OH is 6. The van der Waals surface area contributed by atoms with Crippen LogP contribution in [0.15, 0.2) is 0 Å². The Morgan fingerprint density at radius 3 is 1.40 bits per heavy atom. The van der Waals surface area contributed by atoms with Gasteiger partial charge in [-0.3, -0.25) is 4.79 Å². The fourth-order valence-electron chi connectivity index (χ4n) is 7.38. The van der Waals surface area contributed by atoms with E-state index in [2.05, 4.69) is 19.2 Å². The summed E-state index contributed by atoms with van der Waals surface area (Å²) in [5, 5.41) is 65.0. The van der Waals surface area contributed by atoms with Crippen LogP contribution in [0, 0.1) is 0 Å². The molecule has 0 saturated carbocycles. The summed E-state index contributed by atoms with van der Waals surface area (Å²) < 4.78 is 11.1. The van der Waals surface area contributed by atoms with E-state index in [4.69, 9.17) is 9.47 Å². The van der Waals surface area contributed by atoms with Crippen LogP contribution in [-0.2, 0) is 14.3 Å². The van der Waals surface area contributed by atoms with Gasteiger partial charge in [0.15, 0.2) is 6.29 Å². The van der Waals surface area contributed by atoms with Crippen LogP contribution in [0.1, 0.15) is 206 Å². The van der Waals surface area contributed by atoms with Crippen molar-refractivity contribution in [3.05, 3.63) is 0 Å². The predicted molar refractivity (Wildman–Crippen MR) is 214 cm³/mol. The third-order valence-corrected chi connectivity index (χ3v) is 11.1. The molecule has 2 unspecified atom stereocenters. The van der Waals surface area contributed by atoms with Crippen LogP contribution in [0.4, 0.5) is 0 Å². The number of carbonyl (C=O) groups is 1. The SMILES string of the molecule is CCCCCCCCCCCCCCCCCCCC(=O)N[C@@H](CO[C@@H]1O[C@H](CO)[C@@H](O)C(O)C1O)[C@H](O)[C@H](O)CCCCCCCCCCCCC. The lowest BCUT2D eigenvalue weighted by molar-refractivity contribution is -0.303. The van der Waals surface area contributed by atoms with E-state index in [1.54, 1.807) is 0 Å². The van der Waals surface area contributed by atoms with Gasteiger partial charge in [-0.25, -0.2) is 0 Å². The molecule has 8 atom stereocenters. The molecule has 10 nitrogen and oxygen atoms in total. The summed E-state index contributed by atoms with van der Waals surface area (Å²) in [7, 11) is 0. The molecule has 0 bridgehead atoms. The Morgan fingerprint density at radius 2 is 0.981 bits per heavy atom. The van der Waals surface area contributed by atoms with Crippen LogP contribution in [0.3, 0.4) is 0 Å². The summed E-state index contributed by atoms with van der Waals surface area (Å²) in [4.78, 5) is 13.0. The molecule has 1 aliphatic rings. The van der Waals surface area contributed by atoms with E-state index in [9.17, 15) is 35.4 Å². The van der Waals surface area contributed by atoms with Crippen LogP contribution in [0.2, 0.25) is 0 Å². The summed E-state index contributed by atoms with van der Waals surface area (Å²) >= 11 is 0. The molecule has 1 aliphatic heterocycles. The Kier molecular flexibility index (Phi) is 32.6. The first kappa shape index (κ1) is 50.2.